The van der Waals surface area contributed by atoms with Crippen molar-refractivity contribution in [3.63, 3.8) is 0 Å². The Morgan fingerprint density at radius 1 is 1.24 bits per heavy atom. The van der Waals surface area contributed by atoms with Crippen molar-refractivity contribution in [3.05, 3.63) is 54.7 Å². The Kier molecular flexibility index (Phi) is 5.92. The summed E-state index contributed by atoms with van der Waals surface area (Å²) >= 11 is 0. The highest BCUT2D eigenvalue weighted by molar-refractivity contribution is 5.97. The summed E-state index contributed by atoms with van der Waals surface area (Å²) in [5.74, 6) is 1.61. The van der Waals surface area contributed by atoms with E-state index in [0.717, 1.165) is 53.8 Å². The van der Waals surface area contributed by atoms with Gasteiger partial charge in [0.05, 0.1) is 24.7 Å². The zero-order valence-corrected chi connectivity index (χ0v) is 19.0. The van der Waals surface area contributed by atoms with E-state index in [4.69, 9.17) is 19.6 Å². The van der Waals surface area contributed by atoms with E-state index in [1.165, 1.54) is 0 Å². The molecular weight excluding hydrogens is 418 g/mol. The first-order valence-corrected chi connectivity index (χ1v) is 11.3. The van der Waals surface area contributed by atoms with E-state index in [-0.39, 0.29) is 6.10 Å². The summed E-state index contributed by atoms with van der Waals surface area (Å²) in [5.41, 5.74) is 9.78. The summed E-state index contributed by atoms with van der Waals surface area (Å²) < 4.78 is 19.7. The molecule has 4 aromatic rings. The molecule has 0 radical (unpaired) electrons. The van der Waals surface area contributed by atoms with Gasteiger partial charge in [-0.25, -0.2) is 4.98 Å². The van der Waals surface area contributed by atoms with Crippen LogP contribution in [0.15, 0.2) is 53.5 Å². The molecule has 1 fully saturated rings. The molecule has 0 spiro atoms. The Labute approximate surface area is 192 Å². The zero-order chi connectivity index (χ0) is 22.8. The number of ether oxygens (including phenoxy) is 2. The van der Waals surface area contributed by atoms with Crippen LogP contribution in [-0.4, -0.2) is 41.1 Å². The van der Waals surface area contributed by atoms with Crippen LogP contribution in [0.5, 0.6) is 11.5 Å². The number of pyridine rings is 1. The Morgan fingerprint density at radius 2 is 2.06 bits per heavy atom. The van der Waals surface area contributed by atoms with Gasteiger partial charge in [-0.05, 0) is 44.5 Å². The van der Waals surface area contributed by atoms with Gasteiger partial charge in [-0.15, -0.1) is 0 Å². The van der Waals surface area contributed by atoms with Crippen LogP contribution in [0, 0.1) is 0 Å². The number of methoxy groups -OCH3 is 1. The molecule has 3 aromatic heterocycles. The number of nitrogens with one attached hydrogen (secondary N) is 1. The minimum atomic E-state index is -0.160. The van der Waals surface area contributed by atoms with Gasteiger partial charge >= 0.3 is 0 Å². The van der Waals surface area contributed by atoms with Gasteiger partial charge in [0.2, 0.25) is 5.75 Å². The molecule has 1 unspecified atom stereocenters. The lowest BCUT2D eigenvalue weighted by molar-refractivity contribution is 0.221. The molecule has 3 N–H and O–H groups in total. The number of nitrogens with zero attached hydrogens (tertiary/aromatic N) is 3. The molecule has 1 aliphatic heterocycles. The largest absolute Gasteiger partial charge is 0.496 e. The quantitative estimate of drug-likeness (QED) is 0.437. The van der Waals surface area contributed by atoms with E-state index in [9.17, 15) is 0 Å². The first kappa shape index (κ1) is 21.3. The average molecular weight is 448 g/mol. The number of benzene rings is 1. The number of aromatic nitrogens is 3. The highest BCUT2D eigenvalue weighted by Crippen LogP contribution is 2.38. The number of rotatable bonds is 7. The predicted octanol–water partition coefficient (Wildman–Crippen LogP) is 4.22. The summed E-state index contributed by atoms with van der Waals surface area (Å²) in [6.07, 6.45) is 10.1. The van der Waals surface area contributed by atoms with Crippen LogP contribution in [-0.2, 0) is 6.42 Å². The van der Waals surface area contributed by atoms with Crippen molar-refractivity contribution in [3.8, 4) is 22.6 Å². The highest BCUT2D eigenvalue weighted by Gasteiger charge is 2.21. The second kappa shape index (κ2) is 9.15. The van der Waals surface area contributed by atoms with Crippen LogP contribution in [0.1, 0.15) is 31.4 Å². The normalized spacial score (nSPS) is 15.6. The molecule has 8 nitrogen and oxygen atoms in total. The van der Waals surface area contributed by atoms with Gasteiger partial charge in [-0.2, -0.15) is 5.10 Å². The Balaban J connectivity index is 1.41. The first-order valence-electron chi connectivity index (χ1n) is 11.3. The van der Waals surface area contributed by atoms with E-state index < -0.39 is 0 Å². The third-order valence-corrected chi connectivity index (χ3v) is 6.22. The van der Waals surface area contributed by atoms with E-state index in [1.54, 1.807) is 19.6 Å². The van der Waals surface area contributed by atoms with Crippen molar-refractivity contribution < 1.29 is 13.9 Å². The molecule has 33 heavy (non-hydrogen) atoms. The van der Waals surface area contributed by atoms with Gasteiger partial charge < -0.3 is 24.9 Å². The molecule has 1 atom stereocenters. The van der Waals surface area contributed by atoms with E-state index >= 15 is 0 Å². The Hall–Kier alpha value is -3.52. The molecule has 4 heterocycles. The van der Waals surface area contributed by atoms with Crippen molar-refractivity contribution in [2.45, 2.75) is 38.3 Å². The number of piperidine rings is 1. The van der Waals surface area contributed by atoms with Gasteiger partial charge in [0, 0.05) is 29.9 Å². The number of furan rings is 1. The fraction of sp³-hybridized carbons (Fsp3) is 0.360. The van der Waals surface area contributed by atoms with Gasteiger partial charge in [0.15, 0.2) is 11.4 Å². The van der Waals surface area contributed by atoms with Crippen molar-refractivity contribution in [2.75, 3.05) is 25.9 Å². The monoisotopic (exact) mass is 447 g/mol. The van der Waals surface area contributed by atoms with E-state index in [0.29, 0.717) is 29.6 Å². The van der Waals surface area contributed by atoms with Crippen molar-refractivity contribution in [1.82, 2.24) is 20.1 Å². The molecule has 5 rings (SSSR count). The minimum absolute atomic E-state index is 0.160. The number of nitrogen functional groups attached to an aromatic ring is 1. The van der Waals surface area contributed by atoms with Crippen LogP contribution in [0.4, 0.5) is 5.82 Å². The highest BCUT2D eigenvalue weighted by atomic mass is 16.5. The Morgan fingerprint density at radius 3 is 2.88 bits per heavy atom. The SMILES string of the molecule is COc1ccccc1CC(C)Oc1c(N)ncc2c(-c3cnn(C4CCNCC4)c3)coc12. The number of hydrogen-bond acceptors (Lipinski definition) is 7. The van der Waals surface area contributed by atoms with Crippen LogP contribution < -0.4 is 20.5 Å². The topological polar surface area (TPSA) is 100 Å². The fourth-order valence-electron chi connectivity index (χ4n) is 4.49. The van der Waals surface area contributed by atoms with Crippen LogP contribution in [0.2, 0.25) is 0 Å². The zero-order valence-electron chi connectivity index (χ0n) is 19.0. The lowest BCUT2D eigenvalue weighted by atomic mass is 10.1. The van der Waals surface area contributed by atoms with Crippen molar-refractivity contribution >= 4 is 16.8 Å². The maximum Gasteiger partial charge on any atom is 0.205 e. The molecule has 8 heteroatoms. The van der Waals surface area contributed by atoms with Gasteiger partial charge in [0.25, 0.3) is 0 Å². The van der Waals surface area contributed by atoms with Crippen LogP contribution in [0.25, 0.3) is 22.1 Å². The molecule has 1 aliphatic rings. The first-order chi connectivity index (χ1) is 16.1. The summed E-state index contributed by atoms with van der Waals surface area (Å²) in [5, 5.41) is 8.86. The van der Waals surface area contributed by atoms with Crippen LogP contribution >= 0.6 is 0 Å². The average Bonchev–Trinajstić information content (AvgIpc) is 3.49. The van der Waals surface area contributed by atoms with Crippen molar-refractivity contribution in [2.24, 2.45) is 0 Å². The minimum Gasteiger partial charge on any atom is -0.496 e. The van der Waals surface area contributed by atoms with Gasteiger partial charge in [-0.3, -0.25) is 4.68 Å². The van der Waals surface area contributed by atoms with E-state index in [1.807, 2.05) is 37.4 Å². The smallest absolute Gasteiger partial charge is 0.205 e. The lowest BCUT2D eigenvalue weighted by Gasteiger charge is -2.22. The molecule has 1 aromatic carbocycles. The maximum absolute atomic E-state index is 6.25. The third-order valence-electron chi connectivity index (χ3n) is 6.22. The number of para-hydroxylation sites is 1. The second-order valence-electron chi connectivity index (χ2n) is 8.50. The summed E-state index contributed by atoms with van der Waals surface area (Å²) in [7, 11) is 1.67. The van der Waals surface area contributed by atoms with Gasteiger partial charge in [-0.1, -0.05) is 18.2 Å². The number of fused-ring (bicyclic) bond motifs is 1. The van der Waals surface area contributed by atoms with E-state index in [2.05, 4.69) is 26.3 Å². The molecular formula is C25H29N5O3. The summed E-state index contributed by atoms with van der Waals surface area (Å²) in [6, 6.07) is 8.34. The fourth-order valence-corrected chi connectivity index (χ4v) is 4.49. The lowest BCUT2D eigenvalue weighted by Crippen LogP contribution is -2.29. The third kappa shape index (κ3) is 4.26. The van der Waals surface area contributed by atoms with Gasteiger partial charge in [0.1, 0.15) is 18.1 Å². The van der Waals surface area contributed by atoms with Crippen LogP contribution in [0.3, 0.4) is 0 Å². The number of hydrogen-bond donors (Lipinski definition) is 2. The molecule has 1 saturated heterocycles. The number of nitrogens with two attached hydrogens (primary N) is 1. The molecule has 0 bridgehead atoms. The van der Waals surface area contributed by atoms with Crippen molar-refractivity contribution in [1.29, 1.82) is 0 Å². The number of anilines is 1. The molecule has 0 aliphatic carbocycles. The molecule has 0 amide bonds. The standard InChI is InChI=1S/C25H29N5O3/c1-16(11-17-5-3-4-6-22(17)31-2)33-24-23-20(13-28-25(24)26)21(15-32-23)18-12-29-30(14-18)19-7-9-27-10-8-19/h3-6,12-16,19,27H,7-11H2,1-2H3,(H2,26,28). The second-order valence-corrected chi connectivity index (χ2v) is 8.50. The molecule has 172 valence electrons. The maximum atomic E-state index is 6.25. The Bertz CT molecular complexity index is 1240. The predicted molar refractivity (Wildman–Crippen MR) is 128 cm³/mol. The molecule has 0 saturated carbocycles. The summed E-state index contributed by atoms with van der Waals surface area (Å²) in [4.78, 5) is 4.39. The summed E-state index contributed by atoms with van der Waals surface area (Å²) in [6.45, 7) is 4.04.